The first-order valence-corrected chi connectivity index (χ1v) is 9.62. The van der Waals surface area contributed by atoms with Gasteiger partial charge in [0.25, 0.3) is 5.91 Å². The Morgan fingerprint density at radius 3 is 2.44 bits per heavy atom. The van der Waals surface area contributed by atoms with Gasteiger partial charge < -0.3 is 5.32 Å². The number of aryl methyl sites for hydroxylation is 1. The van der Waals surface area contributed by atoms with Crippen LogP contribution in [0.4, 0.5) is 0 Å². The predicted molar refractivity (Wildman–Crippen MR) is 106 cm³/mol. The van der Waals surface area contributed by atoms with Crippen LogP contribution in [0.15, 0.2) is 54.6 Å². The Kier molecular flexibility index (Phi) is 5.01. The number of benzene rings is 2. The van der Waals surface area contributed by atoms with Crippen molar-refractivity contribution in [2.45, 2.75) is 45.1 Å². The van der Waals surface area contributed by atoms with Crippen LogP contribution in [0.3, 0.4) is 0 Å². The highest BCUT2D eigenvalue weighted by Gasteiger charge is 2.22. The van der Waals surface area contributed by atoms with E-state index in [-0.39, 0.29) is 17.8 Å². The molecule has 1 amide bonds. The second-order valence-corrected chi connectivity index (χ2v) is 7.13. The first kappa shape index (κ1) is 17.5. The summed E-state index contributed by atoms with van der Waals surface area (Å²) in [6.07, 6.45) is 5.67. The number of aromatic nitrogens is 3. The summed E-state index contributed by atoms with van der Waals surface area (Å²) in [5.41, 5.74) is 2.95. The van der Waals surface area contributed by atoms with Gasteiger partial charge in [-0.3, -0.25) is 4.79 Å². The van der Waals surface area contributed by atoms with Crippen molar-refractivity contribution in [1.29, 1.82) is 0 Å². The number of rotatable bonds is 4. The fourth-order valence-corrected chi connectivity index (χ4v) is 3.65. The molecule has 1 aliphatic carbocycles. The van der Waals surface area contributed by atoms with Crippen LogP contribution in [0, 0.1) is 6.92 Å². The lowest BCUT2D eigenvalue weighted by Gasteiger charge is -2.21. The molecule has 0 bridgehead atoms. The molecule has 0 aliphatic heterocycles. The van der Waals surface area contributed by atoms with E-state index in [0.29, 0.717) is 5.82 Å². The van der Waals surface area contributed by atoms with Gasteiger partial charge in [0.15, 0.2) is 5.82 Å². The van der Waals surface area contributed by atoms with Gasteiger partial charge >= 0.3 is 0 Å². The molecule has 1 N–H and O–H groups in total. The lowest BCUT2D eigenvalue weighted by molar-refractivity contribution is 0.0917. The van der Waals surface area contributed by atoms with Crippen molar-refractivity contribution in [2.24, 2.45) is 0 Å². The number of para-hydroxylation sites is 1. The third-order valence-corrected chi connectivity index (χ3v) is 5.13. The molecule has 0 radical (unpaired) electrons. The molecule has 0 unspecified atom stereocenters. The van der Waals surface area contributed by atoms with Gasteiger partial charge in [0, 0.05) is 11.6 Å². The Bertz CT molecular complexity index is 926. The lowest BCUT2D eigenvalue weighted by Crippen LogP contribution is -2.36. The molecule has 1 saturated carbocycles. The molecule has 4 rings (SSSR count). The summed E-state index contributed by atoms with van der Waals surface area (Å²) in [6.45, 7) is 2.04. The van der Waals surface area contributed by atoms with Gasteiger partial charge in [-0.15, -0.1) is 5.10 Å². The van der Waals surface area contributed by atoms with Crippen LogP contribution in [0.25, 0.3) is 17.1 Å². The molecule has 27 heavy (non-hydrogen) atoms. The Balaban J connectivity index is 1.71. The minimum absolute atomic E-state index is 0.189. The van der Waals surface area contributed by atoms with Crippen molar-refractivity contribution in [3.63, 3.8) is 0 Å². The molecule has 0 spiro atoms. The molecule has 3 aromatic rings. The van der Waals surface area contributed by atoms with E-state index >= 15 is 0 Å². The smallest absolute Gasteiger partial charge is 0.291 e. The first-order chi connectivity index (χ1) is 13.2. The minimum Gasteiger partial charge on any atom is -0.347 e. The number of carbonyl (C=O) groups excluding carboxylic acids is 1. The summed E-state index contributed by atoms with van der Waals surface area (Å²) < 4.78 is 1.78. The highest BCUT2D eigenvalue weighted by Crippen LogP contribution is 2.23. The van der Waals surface area contributed by atoms with Gasteiger partial charge in [0.1, 0.15) is 0 Å². The number of nitrogens with zero attached hydrogens (tertiary/aromatic N) is 3. The quantitative estimate of drug-likeness (QED) is 0.754. The molecule has 5 nitrogen and oxygen atoms in total. The zero-order valence-electron chi connectivity index (χ0n) is 15.6. The fourth-order valence-electron chi connectivity index (χ4n) is 3.65. The summed E-state index contributed by atoms with van der Waals surface area (Å²) in [5.74, 6) is 0.716. The zero-order chi connectivity index (χ0) is 18.6. The topological polar surface area (TPSA) is 59.8 Å². The number of hydrogen-bond acceptors (Lipinski definition) is 3. The maximum absolute atomic E-state index is 12.8. The Hall–Kier alpha value is -2.95. The van der Waals surface area contributed by atoms with Crippen molar-refractivity contribution in [3.8, 4) is 17.1 Å². The van der Waals surface area contributed by atoms with Crippen LogP contribution in [-0.2, 0) is 0 Å². The predicted octanol–water partition coefficient (Wildman–Crippen LogP) is 4.31. The molecule has 1 aromatic heterocycles. The highest BCUT2D eigenvalue weighted by molar-refractivity contribution is 5.91. The maximum atomic E-state index is 12.8. The van der Waals surface area contributed by atoms with Crippen LogP contribution in [0.1, 0.15) is 48.3 Å². The van der Waals surface area contributed by atoms with Gasteiger partial charge in [-0.1, -0.05) is 67.8 Å². The van der Waals surface area contributed by atoms with Crippen LogP contribution < -0.4 is 5.32 Å². The molecule has 1 aliphatic rings. The lowest BCUT2D eigenvalue weighted by atomic mass is 9.95. The molecule has 1 fully saturated rings. The van der Waals surface area contributed by atoms with Crippen LogP contribution in [0.5, 0.6) is 0 Å². The van der Waals surface area contributed by atoms with E-state index in [1.54, 1.807) is 4.68 Å². The van der Waals surface area contributed by atoms with Gasteiger partial charge in [0.2, 0.25) is 5.82 Å². The van der Waals surface area contributed by atoms with E-state index in [0.717, 1.165) is 29.7 Å². The zero-order valence-corrected chi connectivity index (χ0v) is 15.6. The Labute approximate surface area is 159 Å². The van der Waals surface area contributed by atoms with Gasteiger partial charge in [-0.05, 0) is 31.4 Å². The standard InChI is InChI=1S/C22H24N4O/c1-16-10-8-9-15-19(16)26-21(17-11-4-2-5-12-17)24-20(25-26)22(27)23-18-13-6-3-7-14-18/h2,4-5,8-12,15,18H,3,6-7,13-14H2,1H3,(H,23,27). The molecule has 138 valence electrons. The highest BCUT2D eigenvalue weighted by atomic mass is 16.2. The van der Waals surface area contributed by atoms with Crippen LogP contribution in [-0.4, -0.2) is 26.7 Å². The van der Waals surface area contributed by atoms with Crippen molar-refractivity contribution < 1.29 is 4.79 Å². The van der Waals surface area contributed by atoms with Crippen LogP contribution in [0.2, 0.25) is 0 Å². The number of hydrogen-bond donors (Lipinski definition) is 1. The Morgan fingerprint density at radius 1 is 1.00 bits per heavy atom. The van der Waals surface area contributed by atoms with E-state index in [2.05, 4.69) is 15.4 Å². The third kappa shape index (κ3) is 3.77. The fraction of sp³-hybridized carbons (Fsp3) is 0.318. The molecule has 0 saturated heterocycles. The van der Waals surface area contributed by atoms with Crippen molar-refractivity contribution >= 4 is 5.91 Å². The summed E-state index contributed by atoms with van der Waals surface area (Å²) in [4.78, 5) is 17.4. The van der Waals surface area contributed by atoms with Crippen molar-refractivity contribution in [1.82, 2.24) is 20.1 Å². The third-order valence-electron chi connectivity index (χ3n) is 5.13. The number of nitrogens with one attached hydrogen (secondary N) is 1. The molecule has 0 atom stereocenters. The maximum Gasteiger partial charge on any atom is 0.291 e. The average molecular weight is 360 g/mol. The van der Waals surface area contributed by atoms with Gasteiger partial charge in [-0.2, -0.15) is 0 Å². The van der Waals surface area contributed by atoms with E-state index in [4.69, 9.17) is 0 Å². The van der Waals surface area contributed by atoms with E-state index in [1.807, 2.05) is 61.5 Å². The minimum atomic E-state index is -0.189. The molecular weight excluding hydrogens is 336 g/mol. The number of amides is 1. The monoisotopic (exact) mass is 360 g/mol. The van der Waals surface area contributed by atoms with Crippen LogP contribution >= 0.6 is 0 Å². The van der Waals surface area contributed by atoms with Crippen molar-refractivity contribution in [3.05, 3.63) is 66.0 Å². The molecule has 2 aromatic carbocycles. The molecule has 1 heterocycles. The normalized spacial score (nSPS) is 14.9. The summed E-state index contributed by atoms with van der Waals surface area (Å²) >= 11 is 0. The second kappa shape index (κ2) is 7.74. The largest absolute Gasteiger partial charge is 0.347 e. The van der Waals surface area contributed by atoms with E-state index in [9.17, 15) is 4.79 Å². The molecule has 5 heteroatoms. The van der Waals surface area contributed by atoms with Gasteiger partial charge in [-0.25, -0.2) is 9.67 Å². The summed E-state index contributed by atoms with van der Waals surface area (Å²) in [6, 6.07) is 18.1. The van der Waals surface area contributed by atoms with E-state index < -0.39 is 0 Å². The second-order valence-electron chi connectivity index (χ2n) is 7.13. The first-order valence-electron chi connectivity index (χ1n) is 9.62. The van der Waals surface area contributed by atoms with Crippen molar-refractivity contribution in [2.75, 3.05) is 0 Å². The summed E-state index contributed by atoms with van der Waals surface area (Å²) in [5, 5.41) is 7.69. The Morgan fingerprint density at radius 2 is 1.70 bits per heavy atom. The summed E-state index contributed by atoms with van der Waals surface area (Å²) in [7, 11) is 0. The van der Waals surface area contributed by atoms with Gasteiger partial charge in [0.05, 0.1) is 5.69 Å². The SMILES string of the molecule is Cc1ccccc1-n1nc(C(=O)NC2CCCCC2)nc1-c1ccccc1. The number of carbonyl (C=O) groups is 1. The average Bonchev–Trinajstić information content (AvgIpc) is 3.15. The van der Waals surface area contributed by atoms with E-state index in [1.165, 1.54) is 19.3 Å². The molecular formula is C22H24N4O.